The maximum absolute atomic E-state index is 12.3. The van der Waals surface area contributed by atoms with Crippen LogP contribution in [0.3, 0.4) is 0 Å². The fourth-order valence-corrected chi connectivity index (χ4v) is 3.54. The summed E-state index contributed by atoms with van der Waals surface area (Å²) in [4.78, 5) is 16.7. The van der Waals surface area contributed by atoms with Gasteiger partial charge in [0.25, 0.3) is 5.91 Å². The van der Waals surface area contributed by atoms with Gasteiger partial charge in [-0.05, 0) is 59.3 Å². The van der Waals surface area contributed by atoms with Crippen LogP contribution in [0.1, 0.15) is 15.4 Å². The largest absolute Gasteiger partial charge is 0.496 e. The zero-order chi connectivity index (χ0) is 15.7. The van der Waals surface area contributed by atoms with Crippen molar-refractivity contribution in [3.8, 4) is 5.75 Å². The Morgan fingerprint density at radius 3 is 2.82 bits per heavy atom. The van der Waals surface area contributed by atoms with E-state index in [9.17, 15) is 4.79 Å². The van der Waals surface area contributed by atoms with Crippen molar-refractivity contribution in [1.82, 2.24) is 4.98 Å². The van der Waals surface area contributed by atoms with Crippen LogP contribution < -0.4 is 10.1 Å². The number of aromatic nitrogens is 1. The monoisotopic (exact) mass is 376 g/mol. The molecule has 0 saturated heterocycles. The minimum absolute atomic E-state index is 0.163. The van der Waals surface area contributed by atoms with E-state index in [0.29, 0.717) is 11.3 Å². The fraction of sp³-hybridized carbons (Fsp3) is 0.125. The van der Waals surface area contributed by atoms with Gasteiger partial charge in [0.1, 0.15) is 5.75 Å². The van der Waals surface area contributed by atoms with E-state index in [1.165, 1.54) is 0 Å². The summed E-state index contributed by atoms with van der Waals surface area (Å²) in [6, 6.07) is 10.9. The Morgan fingerprint density at radius 1 is 1.27 bits per heavy atom. The van der Waals surface area contributed by atoms with Gasteiger partial charge >= 0.3 is 0 Å². The van der Waals surface area contributed by atoms with E-state index in [1.54, 1.807) is 36.6 Å². The highest BCUT2D eigenvalue weighted by Gasteiger charge is 2.10. The van der Waals surface area contributed by atoms with Gasteiger partial charge in [-0.15, -0.1) is 11.3 Å². The molecule has 3 rings (SSSR count). The lowest BCUT2D eigenvalue weighted by Crippen LogP contribution is -2.11. The SMILES string of the molecule is COc1ccc(C(=O)Nc2ccc3nc(C)sc3c2)cc1Br. The number of methoxy groups -OCH3 is 1. The minimum Gasteiger partial charge on any atom is -0.496 e. The van der Waals surface area contributed by atoms with Gasteiger partial charge in [0.15, 0.2) is 0 Å². The summed E-state index contributed by atoms with van der Waals surface area (Å²) in [6.07, 6.45) is 0. The summed E-state index contributed by atoms with van der Waals surface area (Å²) in [5.74, 6) is 0.530. The lowest BCUT2D eigenvalue weighted by molar-refractivity contribution is 0.102. The molecule has 0 aliphatic rings. The van der Waals surface area contributed by atoms with Crippen molar-refractivity contribution in [3.05, 3.63) is 51.4 Å². The molecular weight excluding hydrogens is 364 g/mol. The summed E-state index contributed by atoms with van der Waals surface area (Å²) in [7, 11) is 1.59. The molecule has 1 amide bonds. The first kappa shape index (κ1) is 15.0. The maximum Gasteiger partial charge on any atom is 0.255 e. The molecule has 0 aliphatic carbocycles. The number of carbonyl (C=O) groups excluding carboxylic acids is 1. The average molecular weight is 377 g/mol. The highest BCUT2D eigenvalue weighted by Crippen LogP contribution is 2.27. The fourth-order valence-electron chi connectivity index (χ4n) is 2.13. The van der Waals surface area contributed by atoms with Gasteiger partial charge in [-0.2, -0.15) is 0 Å². The second-order valence-electron chi connectivity index (χ2n) is 4.72. The number of anilines is 1. The number of aryl methyl sites for hydroxylation is 1. The molecule has 112 valence electrons. The van der Waals surface area contributed by atoms with Gasteiger partial charge in [-0.25, -0.2) is 4.98 Å². The predicted octanol–water partition coefficient (Wildman–Crippen LogP) is 4.63. The Bertz CT molecular complexity index is 860. The molecule has 6 heteroatoms. The number of fused-ring (bicyclic) bond motifs is 1. The van der Waals surface area contributed by atoms with Crippen LogP contribution in [0.15, 0.2) is 40.9 Å². The number of halogens is 1. The van der Waals surface area contributed by atoms with Crippen LogP contribution in [0.25, 0.3) is 10.2 Å². The highest BCUT2D eigenvalue weighted by molar-refractivity contribution is 9.10. The number of hydrogen-bond acceptors (Lipinski definition) is 4. The molecule has 0 saturated carbocycles. The number of amides is 1. The molecule has 0 atom stereocenters. The summed E-state index contributed by atoms with van der Waals surface area (Å²) in [5.41, 5.74) is 2.27. The number of carbonyl (C=O) groups is 1. The summed E-state index contributed by atoms with van der Waals surface area (Å²) in [6.45, 7) is 1.97. The normalized spacial score (nSPS) is 10.7. The zero-order valence-corrected chi connectivity index (χ0v) is 14.4. The van der Waals surface area contributed by atoms with Gasteiger partial charge in [0, 0.05) is 11.3 Å². The second kappa shape index (κ2) is 6.06. The van der Waals surface area contributed by atoms with E-state index in [-0.39, 0.29) is 5.91 Å². The molecule has 22 heavy (non-hydrogen) atoms. The van der Waals surface area contributed by atoms with Crippen LogP contribution >= 0.6 is 27.3 Å². The molecule has 0 spiro atoms. The van der Waals surface area contributed by atoms with Crippen molar-refractivity contribution in [2.24, 2.45) is 0 Å². The molecule has 3 aromatic rings. The lowest BCUT2D eigenvalue weighted by Gasteiger charge is -2.08. The molecule has 0 unspecified atom stereocenters. The lowest BCUT2D eigenvalue weighted by atomic mass is 10.2. The van der Waals surface area contributed by atoms with E-state index in [1.807, 2.05) is 25.1 Å². The summed E-state index contributed by atoms with van der Waals surface area (Å²) in [5, 5.41) is 3.91. The summed E-state index contributed by atoms with van der Waals surface area (Å²) < 4.78 is 6.97. The van der Waals surface area contributed by atoms with E-state index < -0.39 is 0 Å². The number of benzene rings is 2. The van der Waals surface area contributed by atoms with Crippen LogP contribution in [-0.2, 0) is 0 Å². The molecule has 0 fully saturated rings. The molecule has 1 aromatic heterocycles. The Hall–Kier alpha value is -1.92. The summed E-state index contributed by atoms with van der Waals surface area (Å²) >= 11 is 4.99. The zero-order valence-electron chi connectivity index (χ0n) is 12.0. The van der Waals surface area contributed by atoms with E-state index in [2.05, 4.69) is 26.2 Å². The number of nitrogens with zero attached hydrogens (tertiary/aromatic N) is 1. The molecule has 2 aromatic carbocycles. The Balaban J connectivity index is 1.84. The third-order valence-electron chi connectivity index (χ3n) is 3.17. The van der Waals surface area contributed by atoms with Gasteiger partial charge in [0.2, 0.25) is 0 Å². The van der Waals surface area contributed by atoms with Crippen molar-refractivity contribution in [2.75, 3.05) is 12.4 Å². The Kier molecular flexibility index (Phi) is 4.13. The first-order chi connectivity index (χ1) is 10.6. The van der Waals surface area contributed by atoms with Crippen LogP contribution in [-0.4, -0.2) is 18.0 Å². The number of rotatable bonds is 3. The molecular formula is C16H13BrN2O2S. The number of nitrogens with one attached hydrogen (secondary N) is 1. The Labute approximate surface area is 140 Å². The van der Waals surface area contributed by atoms with Gasteiger partial charge in [0.05, 0.1) is 26.8 Å². The van der Waals surface area contributed by atoms with E-state index in [0.717, 1.165) is 25.4 Å². The molecule has 1 N–H and O–H groups in total. The van der Waals surface area contributed by atoms with Crippen LogP contribution in [0, 0.1) is 6.92 Å². The number of hydrogen-bond donors (Lipinski definition) is 1. The molecule has 1 heterocycles. The number of ether oxygens (including phenoxy) is 1. The Morgan fingerprint density at radius 2 is 2.09 bits per heavy atom. The minimum atomic E-state index is -0.163. The molecule has 0 aliphatic heterocycles. The van der Waals surface area contributed by atoms with Gasteiger partial charge in [-0.1, -0.05) is 0 Å². The van der Waals surface area contributed by atoms with E-state index >= 15 is 0 Å². The predicted molar refractivity (Wildman–Crippen MR) is 93.0 cm³/mol. The standard InChI is InChI=1S/C16H13BrN2O2S/c1-9-18-13-5-4-11(8-15(13)22-9)19-16(20)10-3-6-14(21-2)12(17)7-10/h3-8H,1-2H3,(H,19,20). The van der Waals surface area contributed by atoms with E-state index in [4.69, 9.17) is 4.74 Å². The average Bonchev–Trinajstić information content (AvgIpc) is 2.86. The van der Waals surface area contributed by atoms with Crippen LogP contribution in [0.2, 0.25) is 0 Å². The van der Waals surface area contributed by atoms with Gasteiger partial charge < -0.3 is 10.1 Å². The van der Waals surface area contributed by atoms with Crippen molar-refractivity contribution in [2.45, 2.75) is 6.92 Å². The maximum atomic E-state index is 12.3. The first-order valence-corrected chi connectivity index (χ1v) is 8.20. The smallest absolute Gasteiger partial charge is 0.255 e. The second-order valence-corrected chi connectivity index (χ2v) is 6.81. The highest BCUT2D eigenvalue weighted by atomic mass is 79.9. The molecule has 4 nitrogen and oxygen atoms in total. The van der Waals surface area contributed by atoms with Gasteiger partial charge in [-0.3, -0.25) is 4.79 Å². The third kappa shape index (κ3) is 2.98. The quantitative estimate of drug-likeness (QED) is 0.724. The van der Waals surface area contributed by atoms with Crippen LogP contribution in [0.4, 0.5) is 5.69 Å². The van der Waals surface area contributed by atoms with Crippen molar-refractivity contribution in [1.29, 1.82) is 0 Å². The third-order valence-corrected chi connectivity index (χ3v) is 4.72. The van der Waals surface area contributed by atoms with Crippen molar-refractivity contribution >= 4 is 49.1 Å². The topological polar surface area (TPSA) is 51.2 Å². The van der Waals surface area contributed by atoms with Crippen LogP contribution in [0.5, 0.6) is 5.75 Å². The van der Waals surface area contributed by atoms with Crippen molar-refractivity contribution < 1.29 is 9.53 Å². The molecule has 0 radical (unpaired) electrons. The molecule has 0 bridgehead atoms. The van der Waals surface area contributed by atoms with Crippen molar-refractivity contribution in [3.63, 3.8) is 0 Å². The first-order valence-electron chi connectivity index (χ1n) is 6.59. The number of thiazole rings is 1.